The lowest BCUT2D eigenvalue weighted by atomic mass is 10.2. The third-order valence-electron chi connectivity index (χ3n) is 3.17. The van der Waals surface area contributed by atoms with Gasteiger partial charge in [-0.1, -0.05) is 11.6 Å². The monoisotopic (exact) mass is 254 g/mol. The van der Waals surface area contributed by atoms with E-state index in [1.54, 1.807) is 13.2 Å². The van der Waals surface area contributed by atoms with Gasteiger partial charge in [0.25, 0.3) is 0 Å². The Balaban J connectivity index is 2.39. The van der Waals surface area contributed by atoms with Gasteiger partial charge < -0.3 is 14.6 Å². The Kier molecular flexibility index (Phi) is 2.49. The summed E-state index contributed by atoms with van der Waals surface area (Å²) in [6.45, 7) is 2.48. The molecule has 17 heavy (non-hydrogen) atoms. The first-order valence-corrected chi connectivity index (χ1v) is 5.85. The molecule has 3 rings (SSSR count). The van der Waals surface area contributed by atoms with E-state index in [1.807, 2.05) is 0 Å². The van der Waals surface area contributed by atoms with Crippen molar-refractivity contribution in [2.75, 3.05) is 13.7 Å². The molecule has 5 heteroatoms. The van der Waals surface area contributed by atoms with Gasteiger partial charge in [-0.25, -0.2) is 4.39 Å². The van der Waals surface area contributed by atoms with Crippen LogP contribution in [0.2, 0.25) is 5.02 Å². The number of nitrogens with zero attached hydrogens (tertiary/aromatic N) is 1. The fourth-order valence-corrected chi connectivity index (χ4v) is 2.58. The fourth-order valence-electron chi connectivity index (χ4n) is 2.42. The highest BCUT2D eigenvalue weighted by Crippen LogP contribution is 2.36. The second kappa shape index (κ2) is 3.89. The maximum atomic E-state index is 13.5. The summed E-state index contributed by atoms with van der Waals surface area (Å²) in [5.74, 6) is 0.330. The summed E-state index contributed by atoms with van der Waals surface area (Å²) < 4.78 is 21.0. The molecule has 90 valence electrons. The van der Waals surface area contributed by atoms with Gasteiger partial charge in [0, 0.05) is 25.0 Å². The van der Waals surface area contributed by atoms with Crippen molar-refractivity contribution >= 4 is 22.5 Å². The van der Waals surface area contributed by atoms with E-state index in [4.69, 9.17) is 16.3 Å². The van der Waals surface area contributed by atoms with Crippen LogP contribution in [0.25, 0.3) is 10.9 Å². The van der Waals surface area contributed by atoms with Crippen molar-refractivity contribution in [3.8, 4) is 5.75 Å². The number of nitrogens with one attached hydrogen (secondary N) is 1. The van der Waals surface area contributed by atoms with Gasteiger partial charge in [-0.05, 0) is 12.1 Å². The van der Waals surface area contributed by atoms with Crippen molar-refractivity contribution in [3.63, 3.8) is 0 Å². The lowest BCUT2D eigenvalue weighted by molar-refractivity contribution is 0.400. The Morgan fingerprint density at radius 2 is 2.29 bits per heavy atom. The third kappa shape index (κ3) is 1.51. The normalized spacial score (nSPS) is 15.0. The molecule has 1 aromatic carbocycles. The molecule has 0 aliphatic carbocycles. The maximum absolute atomic E-state index is 13.5. The molecule has 0 atom stereocenters. The Labute approximate surface area is 103 Å². The van der Waals surface area contributed by atoms with Crippen LogP contribution in [0.5, 0.6) is 5.75 Å². The highest BCUT2D eigenvalue weighted by molar-refractivity contribution is 6.31. The van der Waals surface area contributed by atoms with E-state index in [1.165, 1.54) is 6.07 Å². The SMILES string of the molecule is COc1c2n(c3cc(Cl)c(F)cc13)CCNC2. The van der Waals surface area contributed by atoms with Crippen molar-refractivity contribution in [2.45, 2.75) is 13.1 Å². The summed E-state index contributed by atoms with van der Waals surface area (Å²) in [6.07, 6.45) is 0. The summed E-state index contributed by atoms with van der Waals surface area (Å²) in [5.41, 5.74) is 1.99. The van der Waals surface area contributed by atoms with Crippen LogP contribution in [-0.4, -0.2) is 18.2 Å². The Bertz CT molecular complexity index is 555. The van der Waals surface area contributed by atoms with Crippen molar-refractivity contribution in [1.29, 1.82) is 0 Å². The number of rotatable bonds is 1. The first-order valence-electron chi connectivity index (χ1n) is 5.47. The van der Waals surface area contributed by atoms with E-state index < -0.39 is 5.82 Å². The van der Waals surface area contributed by atoms with Gasteiger partial charge in [0.15, 0.2) is 0 Å². The molecule has 0 amide bonds. The van der Waals surface area contributed by atoms with Crippen LogP contribution in [0.3, 0.4) is 0 Å². The van der Waals surface area contributed by atoms with Crippen molar-refractivity contribution in [3.05, 3.63) is 28.7 Å². The van der Waals surface area contributed by atoms with Gasteiger partial charge in [-0.15, -0.1) is 0 Å². The van der Waals surface area contributed by atoms with Crippen LogP contribution in [-0.2, 0) is 13.1 Å². The average Bonchev–Trinajstić information content (AvgIpc) is 2.63. The van der Waals surface area contributed by atoms with E-state index in [-0.39, 0.29) is 5.02 Å². The first-order chi connectivity index (χ1) is 8.22. The molecule has 0 bridgehead atoms. The van der Waals surface area contributed by atoms with Gasteiger partial charge in [0.1, 0.15) is 11.6 Å². The number of halogens is 2. The predicted molar refractivity (Wildman–Crippen MR) is 65.2 cm³/mol. The van der Waals surface area contributed by atoms with E-state index >= 15 is 0 Å². The quantitative estimate of drug-likeness (QED) is 0.847. The Hall–Kier alpha value is -1.26. The lowest BCUT2D eigenvalue weighted by Gasteiger charge is -2.17. The summed E-state index contributed by atoms with van der Waals surface area (Å²) in [5, 5.41) is 4.22. The second-order valence-corrected chi connectivity index (χ2v) is 4.50. The van der Waals surface area contributed by atoms with Gasteiger partial charge >= 0.3 is 0 Å². The van der Waals surface area contributed by atoms with Gasteiger partial charge in [0.2, 0.25) is 0 Å². The van der Waals surface area contributed by atoms with E-state index in [0.717, 1.165) is 42.0 Å². The maximum Gasteiger partial charge on any atom is 0.149 e. The van der Waals surface area contributed by atoms with Crippen LogP contribution in [0.4, 0.5) is 4.39 Å². The zero-order chi connectivity index (χ0) is 12.0. The van der Waals surface area contributed by atoms with Crippen LogP contribution in [0, 0.1) is 5.82 Å². The van der Waals surface area contributed by atoms with E-state index in [0.29, 0.717) is 0 Å². The van der Waals surface area contributed by atoms with Gasteiger partial charge in [0.05, 0.1) is 23.3 Å². The van der Waals surface area contributed by atoms with Crippen molar-refractivity contribution in [2.24, 2.45) is 0 Å². The van der Waals surface area contributed by atoms with Crippen LogP contribution < -0.4 is 10.1 Å². The third-order valence-corrected chi connectivity index (χ3v) is 3.46. The standard InChI is InChI=1S/C12H12ClFN2O/c1-17-12-7-4-9(14)8(13)5-10(7)16-3-2-15-6-11(12)16/h4-5,15H,2-3,6H2,1H3. The molecule has 1 N–H and O–H groups in total. The number of ether oxygens (including phenoxy) is 1. The molecule has 2 aromatic rings. The molecule has 0 saturated carbocycles. The largest absolute Gasteiger partial charge is 0.494 e. The number of aromatic nitrogens is 1. The fraction of sp³-hybridized carbons (Fsp3) is 0.333. The molecular formula is C12H12ClFN2O. The number of hydrogen-bond acceptors (Lipinski definition) is 2. The molecule has 0 fully saturated rings. The summed E-state index contributed by atoms with van der Waals surface area (Å²) in [4.78, 5) is 0. The topological polar surface area (TPSA) is 26.2 Å². The molecule has 0 radical (unpaired) electrons. The van der Waals surface area contributed by atoms with Crippen LogP contribution in [0.15, 0.2) is 12.1 Å². The molecule has 1 aliphatic heterocycles. The Morgan fingerprint density at radius 3 is 3.06 bits per heavy atom. The lowest BCUT2D eigenvalue weighted by Crippen LogP contribution is -2.27. The van der Waals surface area contributed by atoms with Crippen LogP contribution in [0.1, 0.15) is 5.69 Å². The molecule has 0 unspecified atom stereocenters. The van der Waals surface area contributed by atoms with Gasteiger partial charge in [-0.2, -0.15) is 0 Å². The molecular weight excluding hydrogens is 243 g/mol. The molecule has 0 spiro atoms. The summed E-state index contributed by atoms with van der Waals surface area (Å²) in [6, 6.07) is 3.12. The smallest absolute Gasteiger partial charge is 0.149 e. The van der Waals surface area contributed by atoms with Crippen molar-refractivity contribution < 1.29 is 9.13 Å². The molecule has 3 nitrogen and oxygen atoms in total. The molecule has 0 saturated heterocycles. The minimum Gasteiger partial charge on any atom is -0.494 e. The van der Waals surface area contributed by atoms with Gasteiger partial charge in [-0.3, -0.25) is 0 Å². The highest BCUT2D eigenvalue weighted by atomic mass is 35.5. The molecule has 1 aliphatic rings. The second-order valence-electron chi connectivity index (χ2n) is 4.09. The predicted octanol–water partition coefficient (Wildman–Crippen LogP) is 2.55. The molecule has 1 aromatic heterocycles. The number of fused-ring (bicyclic) bond motifs is 3. The zero-order valence-corrected chi connectivity index (χ0v) is 10.1. The summed E-state index contributed by atoms with van der Waals surface area (Å²) >= 11 is 5.84. The summed E-state index contributed by atoms with van der Waals surface area (Å²) in [7, 11) is 1.61. The number of methoxy groups -OCH3 is 1. The number of benzene rings is 1. The Morgan fingerprint density at radius 1 is 1.47 bits per heavy atom. The average molecular weight is 255 g/mol. The first kappa shape index (κ1) is 10.9. The minimum atomic E-state index is -0.409. The van der Waals surface area contributed by atoms with Crippen LogP contribution >= 0.6 is 11.6 Å². The highest BCUT2D eigenvalue weighted by Gasteiger charge is 2.21. The minimum absolute atomic E-state index is 0.152. The van der Waals surface area contributed by atoms with E-state index in [9.17, 15) is 4.39 Å². The van der Waals surface area contributed by atoms with E-state index in [2.05, 4.69) is 9.88 Å². The number of hydrogen-bond donors (Lipinski definition) is 1. The zero-order valence-electron chi connectivity index (χ0n) is 9.39. The molecule has 2 heterocycles. The van der Waals surface area contributed by atoms with Crippen molar-refractivity contribution in [1.82, 2.24) is 9.88 Å².